The van der Waals surface area contributed by atoms with Crippen LogP contribution in [0.3, 0.4) is 0 Å². The van der Waals surface area contributed by atoms with E-state index < -0.39 is 49.9 Å². The van der Waals surface area contributed by atoms with Crippen LogP contribution in [0.4, 0.5) is 0 Å². The van der Waals surface area contributed by atoms with Gasteiger partial charge in [-0.05, 0) is 0 Å². The molecule has 0 spiro atoms. The zero-order valence-electron chi connectivity index (χ0n) is 14.7. The van der Waals surface area contributed by atoms with Crippen LogP contribution >= 0.6 is 0 Å². The summed E-state index contributed by atoms with van der Waals surface area (Å²) in [7, 11) is 5.23. The van der Waals surface area contributed by atoms with E-state index >= 15 is 0 Å². The SMILES string of the molecule is COCOC(=O)CC(CC(=O)OCOC)(OCOC)C(=O)OCOC. The number of methoxy groups -OCH3 is 4. The number of hydrogen-bond acceptors (Lipinski definition) is 11. The Morgan fingerprint density at radius 1 is 0.640 bits per heavy atom. The quantitative estimate of drug-likeness (QED) is 0.225. The first-order chi connectivity index (χ1) is 12.0. The summed E-state index contributed by atoms with van der Waals surface area (Å²) in [5.74, 6) is -2.73. The van der Waals surface area contributed by atoms with Crippen LogP contribution in [0.25, 0.3) is 0 Å². The van der Waals surface area contributed by atoms with E-state index in [1.807, 2.05) is 0 Å². The Morgan fingerprint density at radius 2 is 1.04 bits per heavy atom. The van der Waals surface area contributed by atoms with Crippen molar-refractivity contribution in [3.63, 3.8) is 0 Å². The third-order valence-electron chi connectivity index (χ3n) is 2.67. The Hall–Kier alpha value is -1.79. The second-order valence-corrected chi connectivity index (χ2v) is 4.58. The summed E-state index contributed by atoms with van der Waals surface area (Å²) in [4.78, 5) is 36.2. The molecule has 0 unspecified atom stereocenters. The Labute approximate surface area is 145 Å². The molecule has 0 amide bonds. The van der Waals surface area contributed by atoms with E-state index in [-0.39, 0.29) is 13.6 Å². The maximum Gasteiger partial charge on any atom is 0.341 e. The Morgan fingerprint density at radius 3 is 1.44 bits per heavy atom. The van der Waals surface area contributed by atoms with E-state index in [9.17, 15) is 14.4 Å². The highest BCUT2D eigenvalue weighted by Crippen LogP contribution is 2.25. The van der Waals surface area contributed by atoms with Crippen LogP contribution in [0.5, 0.6) is 0 Å². The van der Waals surface area contributed by atoms with Crippen molar-refractivity contribution < 1.29 is 52.3 Å². The highest BCUT2D eigenvalue weighted by molar-refractivity contribution is 5.90. The number of esters is 3. The van der Waals surface area contributed by atoms with Crippen LogP contribution in [0, 0.1) is 0 Å². The van der Waals surface area contributed by atoms with Crippen LogP contribution in [-0.2, 0) is 52.3 Å². The fraction of sp³-hybridized carbons (Fsp3) is 0.786. The zero-order chi connectivity index (χ0) is 19.1. The Bertz CT molecular complexity index is 388. The van der Waals surface area contributed by atoms with Crippen LogP contribution in [-0.4, -0.2) is 79.1 Å². The van der Waals surface area contributed by atoms with E-state index in [1.165, 1.54) is 28.4 Å². The molecule has 146 valence electrons. The third kappa shape index (κ3) is 9.31. The molecule has 0 saturated carbocycles. The van der Waals surface area contributed by atoms with Gasteiger partial charge in [-0.2, -0.15) is 0 Å². The molecule has 0 aromatic carbocycles. The summed E-state index contributed by atoms with van der Waals surface area (Å²) >= 11 is 0. The molecule has 0 bridgehead atoms. The molecule has 0 heterocycles. The zero-order valence-corrected chi connectivity index (χ0v) is 14.7. The van der Waals surface area contributed by atoms with Crippen molar-refractivity contribution in [2.75, 3.05) is 55.6 Å². The first kappa shape index (κ1) is 23.2. The van der Waals surface area contributed by atoms with Gasteiger partial charge in [0.05, 0.1) is 12.8 Å². The molecule has 11 heteroatoms. The summed E-state index contributed by atoms with van der Waals surface area (Å²) in [6.45, 7) is -1.46. The molecule has 0 atom stereocenters. The summed E-state index contributed by atoms with van der Waals surface area (Å²) in [5, 5.41) is 0. The van der Waals surface area contributed by atoms with Gasteiger partial charge in [0.2, 0.25) is 0 Å². The van der Waals surface area contributed by atoms with Crippen molar-refractivity contribution in [3.05, 3.63) is 0 Å². The molecule has 0 N–H and O–H groups in total. The lowest BCUT2D eigenvalue weighted by Gasteiger charge is -2.29. The molecule has 0 aliphatic heterocycles. The van der Waals surface area contributed by atoms with Crippen LogP contribution < -0.4 is 0 Å². The highest BCUT2D eigenvalue weighted by atomic mass is 16.7. The van der Waals surface area contributed by atoms with E-state index in [2.05, 4.69) is 14.2 Å². The topological polar surface area (TPSA) is 125 Å². The summed E-state index contributed by atoms with van der Waals surface area (Å²) < 4.78 is 38.3. The molecule has 11 nitrogen and oxygen atoms in total. The molecule has 0 saturated heterocycles. The maximum absolute atomic E-state index is 12.4. The average molecular weight is 368 g/mol. The molecule has 0 aromatic rings. The van der Waals surface area contributed by atoms with Gasteiger partial charge in [-0.1, -0.05) is 0 Å². The number of ether oxygens (including phenoxy) is 8. The van der Waals surface area contributed by atoms with E-state index in [0.717, 1.165) is 0 Å². The standard InChI is InChI=1S/C14H24O11/c1-18-7-22-11(15)5-14(25-10-21-4,13(17)24-9-20-3)6-12(16)23-8-19-2/h5-10H2,1-4H3. The molecule has 0 aliphatic rings. The molecule has 0 rings (SSSR count). The molecule has 0 fully saturated rings. The normalized spacial score (nSPS) is 11.0. The van der Waals surface area contributed by atoms with Crippen molar-refractivity contribution in [2.24, 2.45) is 0 Å². The summed E-state index contributed by atoms with van der Waals surface area (Å²) in [6, 6.07) is 0. The van der Waals surface area contributed by atoms with Crippen molar-refractivity contribution >= 4 is 17.9 Å². The predicted octanol–water partition coefficient (Wildman–Crippen LogP) is -0.433. The molecular weight excluding hydrogens is 344 g/mol. The molecule has 0 aliphatic carbocycles. The number of hydrogen-bond donors (Lipinski definition) is 0. The Balaban J connectivity index is 5.34. The predicted molar refractivity (Wildman–Crippen MR) is 78.8 cm³/mol. The fourth-order valence-corrected chi connectivity index (χ4v) is 1.60. The summed E-state index contributed by atoms with van der Waals surface area (Å²) in [6.07, 6.45) is -1.27. The smallest absolute Gasteiger partial charge is 0.341 e. The van der Waals surface area contributed by atoms with Gasteiger partial charge in [0, 0.05) is 28.4 Å². The second kappa shape index (κ2) is 13.5. The molecule has 25 heavy (non-hydrogen) atoms. The van der Waals surface area contributed by atoms with E-state index in [1.54, 1.807) is 0 Å². The number of carbonyl (C=O) groups is 3. The van der Waals surface area contributed by atoms with E-state index in [4.69, 9.17) is 23.7 Å². The monoisotopic (exact) mass is 368 g/mol. The lowest BCUT2D eigenvalue weighted by atomic mass is 9.95. The lowest BCUT2D eigenvalue weighted by molar-refractivity contribution is -0.207. The second-order valence-electron chi connectivity index (χ2n) is 4.58. The minimum absolute atomic E-state index is 0.333. The third-order valence-corrected chi connectivity index (χ3v) is 2.67. The average Bonchev–Trinajstić information content (AvgIpc) is 2.60. The van der Waals surface area contributed by atoms with Gasteiger partial charge in [-0.15, -0.1) is 0 Å². The fourth-order valence-electron chi connectivity index (χ4n) is 1.60. The lowest BCUT2D eigenvalue weighted by Crippen LogP contribution is -2.48. The van der Waals surface area contributed by atoms with Crippen LogP contribution in [0.1, 0.15) is 12.8 Å². The largest absolute Gasteiger partial charge is 0.438 e. The van der Waals surface area contributed by atoms with Crippen molar-refractivity contribution in [2.45, 2.75) is 18.4 Å². The summed E-state index contributed by atoms with van der Waals surface area (Å²) in [5.41, 5.74) is -2.02. The van der Waals surface area contributed by atoms with Gasteiger partial charge in [0.25, 0.3) is 0 Å². The van der Waals surface area contributed by atoms with Gasteiger partial charge in [-0.3, -0.25) is 9.59 Å². The Kier molecular flexibility index (Phi) is 12.5. The molecular formula is C14H24O11. The van der Waals surface area contributed by atoms with Gasteiger partial charge in [-0.25, -0.2) is 4.79 Å². The highest BCUT2D eigenvalue weighted by Gasteiger charge is 2.47. The van der Waals surface area contributed by atoms with Gasteiger partial charge >= 0.3 is 17.9 Å². The first-order valence-corrected chi connectivity index (χ1v) is 7.04. The van der Waals surface area contributed by atoms with Gasteiger partial charge in [0.15, 0.2) is 26.0 Å². The van der Waals surface area contributed by atoms with Crippen molar-refractivity contribution in [1.82, 2.24) is 0 Å². The van der Waals surface area contributed by atoms with Crippen LogP contribution in [0.2, 0.25) is 0 Å². The molecule has 0 radical (unpaired) electrons. The van der Waals surface area contributed by atoms with Crippen molar-refractivity contribution in [1.29, 1.82) is 0 Å². The number of carbonyl (C=O) groups excluding carboxylic acids is 3. The minimum atomic E-state index is -2.02. The minimum Gasteiger partial charge on any atom is -0.438 e. The van der Waals surface area contributed by atoms with Crippen LogP contribution in [0.15, 0.2) is 0 Å². The number of rotatable bonds is 14. The first-order valence-electron chi connectivity index (χ1n) is 7.04. The molecule has 0 aromatic heterocycles. The maximum atomic E-state index is 12.4. The van der Waals surface area contributed by atoms with Gasteiger partial charge in [0.1, 0.15) is 6.79 Å². The van der Waals surface area contributed by atoms with Gasteiger partial charge < -0.3 is 37.9 Å². The van der Waals surface area contributed by atoms with E-state index in [0.29, 0.717) is 0 Å². The van der Waals surface area contributed by atoms with Crippen molar-refractivity contribution in [3.8, 4) is 0 Å².